The summed E-state index contributed by atoms with van der Waals surface area (Å²) in [4.78, 5) is 28.0. The van der Waals surface area contributed by atoms with Crippen LogP contribution in [0.15, 0.2) is 42.5 Å². The van der Waals surface area contributed by atoms with Crippen LogP contribution in [0.25, 0.3) is 0 Å². The summed E-state index contributed by atoms with van der Waals surface area (Å²) in [5.74, 6) is -0.258. The Bertz CT molecular complexity index is 1190. The minimum absolute atomic E-state index is 0.0148. The van der Waals surface area contributed by atoms with Crippen LogP contribution in [0, 0.1) is 5.92 Å². The second-order valence-electron chi connectivity index (χ2n) is 9.21. The molecule has 1 atom stereocenters. The van der Waals surface area contributed by atoms with Crippen LogP contribution in [0.2, 0.25) is 15.1 Å². The molecule has 0 aliphatic rings. The predicted molar refractivity (Wildman–Crippen MR) is 152 cm³/mol. The van der Waals surface area contributed by atoms with Crippen molar-refractivity contribution in [2.75, 3.05) is 23.7 Å². The zero-order valence-corrected chi connectivity index (χ0v) is 24.6. The molecule has 0 heterocycles. The van der Waals surface area contributed by atoms with Gasteiger partial charge in [-0.15, -0.1) is 0 Å². The van der Waals surface area contributed by atoms with Gasteiger partial charge in [-0.3, -0.25) is 13.9 Å². The average Bonchev–Trinajstić information content (AvgIpc) is 2.82. The van der Waals surface area contributed by atoms with E-state index in [0.29, 0.717) is 23.0 Å². The highest BCUT2D eigenvalue weighted by Gasteiger charge is 2.29. The number of carbonyl (C=O) groups is 2. The van der Waals surface area contributed by atoms with E-state index < -0.39 is 16.1 Å². The van der Waals surface area contributed by atoms with Gasteiger partial charge >= 0.3 is 0 Å². The van der Waals surface area contributed by atoms with Crippen LogP contribution in [0.1, 0.15) is 45.6 Å². The largest absolute Gasteiger partial charge is 0.354 e. The third-order valence-electron chi connectivity index (χ3n) is 5.70. The minimum atomic E-state index is -3.70. The fourth-order valence-corrected chi connectivity index (χ4v) is 5.41. The van der Waals surface area contributed by atoms with Gasteiger partial charge in [0.1, 0.15) is 6.04 Å². The molecule has 0 aliphatic carbocycles. The Kier molecular flexibility index (Phi) is 12.0. The molecular formula is C26H34Cl3N3O4S. The molecule has 0 saturated carbocycles. The molecule has 2 rings (SSSR count). The number of hydrogen-bond donors (Lipinski definition) is 1. The van der Waals surface area contributed by atoms with Crippen molar-refractivity contribution in [1.29, 1.82) is 0 Å². The van der Waals surface area contributed by atoms with E-state index in [9.17, 15) is 18.0 Å². The topological polar surface area (TPSA) is 86.8 Å². The lowest BCUT2D eigenvalue weighted by atomic mass is 10.1. The van der Waals surface area contributed by atoms with Gasteiger partial charge < -0.3 is 10.2 Å². The van der Waals surface area contributed by atoms with Crippen molar-refractivity contribution in [2.24, 2.45) is 5.92 Å². The fraction of sp³-hybridized carbons (Fsp3) is 0.462. The molecule has 2 aromatic rings. The Hall–Kier alpha value is -2.00. The summed E-state index contributed by atoms with van der Waals surface area (Å²) in [6.45, 7) is 6.50. The SMILES string of the molecule is CCC(C(=O)NCC(C)C)N(Cc1ccccc1Cl)C(=O)CCCN(c1cc(Cl)ccc1Cl)S(C)(=O)=O. The second kappa shape index (κ2) is 14.2. The number of anilines is 1. The molecule has 0 saturated heterocycles. The number of rotatable bonds is 13. The number of carbonyl (C=O) groups excluding carboxylic acids is 2. The molecule has 0 aromatic heterocycles. The van der Waals surface area contributed by atoms with Gasteiger partial charge in [-0.2, -0.15) is 0 Å². The van der Waals surface area contributed by atoms with Gasteiger partial charge in [0.25, 0.3) is 0 Å². The van der Waals surface area contributed by atoms with E-state index in [1.165, 1.54) is 17.0 Å². The molecule has 1 N–H and O–H groups in total. The highest BCUT2D eigenvalue weighted by molar-refractivity contribution is 7.92. The zero-order chi connectivity index (χ0) is 27.8. The van der Waals surface area contributed by atoms with E-state index in [0.717, 1.165) is 16.1 Å². The normalized spacial score (nSPS) is 12.3. The lowest BCUT2D eigenvalue weighted by molar-refractivity contribution is -0.141. The average molecular weight is 591 g/mol. The van der Waals surface area contributed by atoms with Crippen LogP contribution >= 0.6 is 34.8 Å². The van der Waals surface area contributed by atoms with Crippen LogP contribution in [0.5, 0.6) is 0 Å². The van der Waals surface area contributed by atoms with Gasteiger partial charge in [0.15, 0.2) is 0 Å². The van der Waals surface area contributed by atoms with Crippen molar-refractivity contribution in [3.8, 4) is 0 Å². The van der Waals surface area contributed by atoms with E-state index in [1.807, 2.05) is 32.9 Å². The quantitative estimate of drug-likeness (QED) is 0.321. The first-order chi connectivity index (χ1) is 17.3. The molecule has 0 radical (unpaired) electrons. The van der Waals surface area contributed by atoms with Crippen molar-refractivity contribution in [2.45, 2.75) is 52.6 Å². The molecule has 0 fully saturated rings. The Labute approximate surface area is 235 Å². The molecule has 2 aromatic carbocycles. The van der Waals surface area contributed by atoms with Crippen molar-refractivity contribution in [1.82, 2.24) is 10.2 Å². The molecule has 37 heavy (non-hydrogen) atoms. The standard InChI is InChI=1S/C26H34Cl3N3O4S/c1-5-23(26(34)30-16-18(2)3)31(17-19-9-6-7-10-21(19)28)25(33)11-8-14-32(37(4,35)36)24-15-20(27)12-13-22(24)29/h6-7,9-10,12-13,15,18,23H,5,8,11,14,16-17H2,1-4H3,(H,30,34). The lowest BCUT2D eigenvalue weighted by Gasteiger charge is -2.31. The van der Waals surface area contributed by atoms with Crippen molar-refractivity contribution >= 4 is 62.3 Å². The van der Waals surface area contributed by atoms with E-state index in [2.05, 4.69) is 5.32 Å². The highest BCUT2D eigenvalue weighted by Crippen LogP contribution is 2.31. The summed E-state index contributed by atoms with van der Waals surface area (Å²) >= 11 is 18.7. The third kappa shape index (κ3) is 9.36. The number of sulfonamides is 1. The monoisotopic (exact) mass is 589 g/mol. The van der Waals surface area contributed by atoms with Gasteiger partial charge in [0, 0.05) is 36.1 Å². The number of amides is 2. The van der Waals surface area contributed by atoms with E-state index in [1.54, 1.807) is 18.2 Å². The number of nitrogens with one attached hydrogen (secondary N) is 1. The smallest absolute Gasteiger partial charge is 0.242 e. The maximum Gasteiger partial charge on any atom is 0.242 e. The predicted octanol–water partition coefficient (Wildman–Crippen LogP) is 5.77. The Morgan fingerprint density at radius 1 is 1.03 bits per heavy atom. The number of nitrogens with zero attached hydrogens (tertiary/aromatic N) is 2. The summed E-state index contributed by atoms with van der Waals surface area (Å²) in [7, 11) is -3.70. The molecular weight excluding hydrogens is 557 g/mol. The number of benzene rings is 2. The molecule has 11 heteroatoms. The first-order valence-electron chi connectivity index (χ1n) is 12.1. The van der Waals surface area contributed by atoms with Gasteiger partial charge in [0.05, 0.1) is 17.0 Å². The van der Waals surface area contributed by atoms with Crippen molar-refractivity contribution in [3.05, 3.63) is 63.1 Å². The third-order valence-corrected chi connectivity index (χ3v) is 7.80. The van der Waals surface area contributed by atoms with Crippen LogP contribution in [0.4, 0.5) is 5.69 Å². The summed E-state index contributed by atoms with van der Waals surface area (Å²) < 4.78 is 26.2. The summed E-state index contributed by atoms with van der Waals surface area (Å²) in [5.41, 5.74) is 0.965. The summed E-state index contributed by atoms with van der Waals surface area (Å²) in [6, 6.07) is 11.0. The number of halogens is 3. The zero-order valence-electron chi connectivity index (χ0n) is 21.5. The van der Waals surface area contributed by atoms with Crippen LogP contribution in [0.3, 0.4) is 0 Å². The van der Waals surface area contributed by atoms with Gasteiger partial charge in [-0.1, -0.05) is 73.8 Å². The van der Waals surface area contributed by atoms with E-state index in [4.69, 9.17) is 34.8 Å². The van der Waals surface area contributed by atoms with Crippen LogP contribution < -0.4 is 9.62 Å². The lowest BCUT2D eigenvalue weighted by Crippen LogP contribution is -2.49. The molecule has 1 unspecified atom stereocenters. The second-order valence-corrected chi connectivity index (χ2v) is 12.4. The van der Waals surface area contributed by atoms with E-state index >= 15 is 0 Å². The Morgan fingerprint density at radius 3 is 2.30 bits per heavy atom. The summed E-state index contributed by atoms with van der Waals surface area (Å²) in [6.07, 6.45) is 1.70. The first-order valence-corrected chi connectivity index (χ1v) is 15.1. The maximum absolute atomic E-state index is 13.5. The number of hydrogen-bond acceptors (Lipinski definition) is 4. The van der Waals surface area contributed by atoms with Gasteiger partial charge in [0.2, 0.25) is 21.8 Å². The maximum atomic E-state index is 13.5. The minimum Gasteiger partial charge on any atom is -0.354 e. The molecule has 204 valence electrons. The molecule has 7 nitrogen and oxygen atoms in total. The molecule has 2 amide bonds. The molecule has 0 spiro atoms. The van der Waals surface area contributed by atoms with Gasteiger partial charge in [-0.05, 0) is 48.6 Å². The van der Waals surface area contributed by atoms with Gasteiger partial charge in [-0.25, -0.2) is 8.42 Å². The van der Waals surface area contributed by atoms with Crippen molar-refractivity contribution < 1.29 is 18.0 Å². The Balaban J connectivity index is 2.25. The molecule has 0 bridgehead atoms. The first kappa shape index (κ1) is 31.2. The summed E-state index contributed by atoms with van der Waals surface area (Å²) in [5, 5.41) is 3.98. The Morgan fingerprint density at radius 2 is 1.70 bits per heavy atom. The highest BCUT2D eigenvalue weighted by atomic mass is 35.5. The fourth-order valence-electron chi connectivity index (χ4n) is 3.81. The van der Waals surface area contributed by atoms with Crippen molar-refractivity contribution in [3.63, 3.8) is 0 Å². The van der Waals surface area contributed by atoms with Crippen LogP contribution in [-0.2, 0) is 26.2 Å². The van der Waals surface area contributed by atoms with E-state index in [-0.39, 0.29) is 54.4 Å². The van der Waals surface area contributed by atoms with Crippen LogP contribution in [-0.4, -0.2) is 50.5 Å². The molecule has 0 aliphatic heterocycles.